The van der Waals surface area contributed by atoms with E-state index in [1.54, 1.807) is 36.5 Å². The van der Waals surface area contributed by atoms with Gasteiger partial charge in [-0.3, -0.25) is 19.4 Å². The molecule has 0 bridgehead atoms. The Labute approximate surface area is 188 Å². The lowest BCUT2D eigenvalue weighted by Gasteiger charge is -2.33. The smallest absolute Gasteiger partial charge is 0.254 e. The maximum absolute atomic E-state index is 13.3. The lowest BCUT2D eigenvalue weighted by Crippen LogP contribution is -2.47. The van der Waals surface area contributed by atoms with Gasteiger partial charge in [0, 0.05) is 41.1 Å². The molecule has 1 aromatic heterocycles. The van der Waals surface area contributed by atoms with E-state index in [1.165, 1.54) is 18.1 Å². The highest BCUT2D eigenvalue weighted by Gasteiger charge is 2.36. The van der Waals surface area contributed by atoms with E-state index in [9.17, 15) is 14.4 Å². The topological polar surface area (TPSA) is 91.4 Å². The van der Waals surface area contributed by atoms with Gasteiger partial charge in [0.25, 0.3) is 5.91 Å². The summed E-state index contributed by atoms with van der Waals surface area (Å²) in [6.45, 7) is -0.111. The minimum atomic E-state index is -0.728. The second kappa shape index (κ2) is 8.53. The largest absolute Gasteiger partial charge is 0.358 e. The molecule has 0 fully saturated rings. The van der Waals surface area contributed by atoms with Gasteiger partial charge >= 0.3 is 0 Å². The van der Waals surface area contributed by atoms with Crippen LogP contribution in [0.5, 0.6) is 0 Å². The highest BCUT2D eigenvalue weighted by molar-refractivity contribution is 6.36. The summed E-state index contributed by atoms with van der Waals surface area (Å²) in [5, 5.41) is 7.75. The summed E-state index contributed by atoms with van der Waals surface area (Å²) < 4.78 is 0. The van der Waals surface area contributed by atoms with Crippen LogP contribution in [0.15, 0.2) is 48.8 Å². The van der Waals surface area contributed by atoms with Crippen molar-refractivity contribution in [1.29, 1.82) is 0 Å². The van der Waals surface area contributed by atoms with Crippen molar-refractivity contribution < 1.29 is 14.4 Å². The number of amides is 3. The molecule has 1 atom stereocenters. The lowest BCUT2D eigenvalue weighted by atomic mass is 9.88. The van der Waals surface area contributed by atoms with Crippen molar-refractivity contribution in [2.75, 3.05) is 25.5 Å². The average molecular weight is 457 g/mol. The number of aromatic nitrogens is 1. The van der Waals surface area contributed by atoms with Crippen molar-refractivity contribution in [3.05, 3.63) is 70.0 Å². The Morgan fingerprint density at radius 3 is 2.77 bits per heavy atom. The van der Waals surface area contributed by atoms with Crippen LogP contribution in [0, 0.1) is 0 Å². The highest BCUT2D eigenvalue weighted by atomic mass is 35.5. The number of rotatable bonds is 4. The van der Waals surface area contributed by atoms with Gasteiger partial charge in [0.05, 0.1) is 29.4 Å². The molecule has 0 spiro atoms. The number of anilines is 1. The Kier molecular flexibility index (Phi) is 5.80. The van der Waals surface area contributed by atoms with Gasteiger partial charge in [-0.2, -0.15) is 0 Å². The number of nitrogens with zero attached hydrogens (tertiary/aromatic N) is 2. The van der Waals surface area contributed by atoms with E-state index in [4.69, 9.17) is 23.2 Å². The van der Waals surface area contributed by atoms with Crippen LogP contribution in [-0.4, -0.2) is 47.7 Å². The zero-order chi connectivity index (χ0) is 22.1. The first-order valence-corrected chi connectivity index (χ1v) is 10.3. The Bertz CT molecular complexity index is 1210. The first-order valence-electron chi connectivity index (χ1n) is 9.51. The predicted molar refractivity (Wildman–Crippen MR) is 120 cm³/mol. The normalized spacial score (nSPS) is 15.5. The van der Waals surface area contributed by atoms with Crippen LogP contribution in [0.25, 0.3) is 10.8 Å². The number of fused-ring (bicyclic) bond motifs is 2. The number of carbonyl (C=O) groups is 3. The first kappa shape index (κ1) is 21.1. The summed E-state index contributed by atoms with van der Waals surface area (Å²) in [6, 6.07) is 10.2. The quantitative estimate of drug-likeness (QED) is 0.628. The zero-order valence-corrected chi connectivity index (χ0v) is 18.0. The second-order valence-electron chi connectivity index (χ2n) is 7.16. The molecule has 0 aliphatic carbocycles. The number of pyridine rings is 1. The van der Waals surface area contributed by atoms with Crippen LogP contribution >= 0.6 is 23.2 Å². The van der Waals surface area contributed by atoms with E-state index >= 15 is 0 Å². The van der Waals surface area contributed by atoms with Crippen LogP contribution < -0.4 is 10.6 Å². The molecule has 31 heavy (non-hydrogen) atoms. The third-order valence-corrected chi connectivity index (χ3v) is 5.78. The molecule has 0 saturated heterocycles. The summed E-state index contributed by atoms with van der Waals surface area (Å²) in [5.74, 6) is -1.73. The maximum Gasteiger partial charge on any atom is 0.254 e. The lowest BCUT2D eigenvalue weighted by molar-refractivity contribution is -0.122. The van der Waals surface area contributed by atoms with Gasteiger partial charge in [0.2, 0.25) is 11.8 Å². The van der Waals surface area contributed by atoms with Crippen LogP contribution in [-0.2, 0) is 9.59 Å². The van der Waals surface area contributed by atoms with Gasteiger partial charge in [-0.15, -0.1) is 0 Å². The molecule has 2 heterocycles. The molecule has 0 radical (unpaired) electrons. The van der Waals surface area contributed by atoms with Gasteiger partial charge in [-0.05, 0) is 29.8 Å². The standard InChI is InChI=1S/C22H18Cl2N4O3/c1-25-19(29)11-28-10-16(15-7-13(23)5-6-14(15)22(28)31)21(30)27-18-9-26-8-12-3-2-4-17(24)20(12)18/h2-9,16H,10-11H2,1H3,(H,25,29)(H,27,30). The number of hydrogen-bond donors (Lipinski definition) is 2. The molecule has 2 aromatic carbocycles. The number of nitrogens with one attached hydrogen (secondary N) is 2. The van der Waals surface area contributed by atoms with Crippen LogP contribution in [0.4, 0.5) is 5.69 Å². The van der Waals surface area contributed by atoms with Crippen LogP contribution in [0.1, 0.15) is 21.8 Å². The summed E-state index contributed by atoms with van der Waals surface area (Å²) in [7, 11) is 1.49. The first-order chi connectivity index (χ1) is 14.9. The Balaban J connectivity index is 1.72. The molecule has 2 N–H and O–H groups in total. The molecule has 0 saturated carbocycles. The molecule has 7 nitrogen and oxygen atoms in total. The summed E-state index contributed by atoms with van der Waals surface area (Å²) >= 11 is 12.5. The number of likely N-dealkylation sites (N-methyl/N-ethyl adjacent to an activating group) is 1. The third kappa shape index (κ3) is 4.06. The SMILES string of the molecule is CNC(=O)CN1CC(C(=O)Nc2cncc3cccc(Cl)c23)c2cc(Cl)ccc2C1=O. The fourth-order valence-corrected chi connectivity index (χ4v) is 4.17. The molecule has 4 rings (SSSR count). The number of hydrogen-bond acceptors (Lipinski definition) is 4. The monoisotopic (exact) mass is 456 g/mol. The molecule has 158 valence electrons. The second-order valence-corrected chi connectivity index (χ2v) is 8.00. The van der Waals surface area contributed by atoms with Crippen molar-refractivity contribution >= 4 is 57.4 Å². The molecule has 9 heteroatoms. The van der Waals surface area contributed by atoms with Gasteiger partial charge in [-0.1, -0.05) is 35.3 Å². The number of benzene rings is 2. The molecule has 1 aliphatic rings. The molecule has 3 amide bonds. The van der Waals surface area contributed by atoms with Gasteiger partial charge in [-0.25, -0.2) is 0 Å². The Morgan fingerprint density at radius 2 is 2.00 bits per heavy atom. The van der Waals surface area contributed by atoms with E-state index in [1.807, 2.05) is 6.07 Å². The van der Waals surface area contributed by atoms with E-state index in [-0.39, 0.29) is 30.8 Å². The van der Waals surface area contributed by atoms with Crippen molar-refractivity contribution in [1.82, 2.24) is 15.2 Å². The molecular formula is C22H18Cl2N4O3. The van der Waals surface area contributed by atoms with Crippen molar-refractivity contribution in [2.45, 2.75) is 5.92 Å². The predicted octanol–water partition coefficient (Wildman–Crippen LogP) is 3.47. The molecular weight excluding hydrogens is 439 g/mol. The highest BCUT2D eigenvalue weighted by Crippen LogP contribution is 2.34. The Hall–Kier alpha value is -3.16. The molecule has 1 aliphatic heterocycles. The summed E-state index contributed by atoms with van der Waals surface area (Å²) in [6.07, 6.45) is 3.19. The molecule has 3 aromatic rings. The van der Waals surface area contributed by atoms with E-state index in [0.717, 1.165) is 5.39 Å². The number of halogens is 2. The van der Waals surface area contributed by atoms with E-state index < -0.39 is 5.92 Å². The van der Waals surface area contributed by atoms with Gasteiger partial charge in [0.15, 0.2) is 0 Å². The minimum absolute atomic E-state index is 0.0390. The fraction of sp³-hybridized carbons (Fsp3) is 0.182. The maximum atomic E-state index is 13.3. The summed E-state index contributed by atoms with van der Waals surface area (Å²) in [4.78, 5) is 43.6. The van der Waals surface area contributed by atoms with Crippen molar-refractivity contribution in [2.24, 2.45) is 0 Å². The van der Waals surface area contributed by atoms with Crippen LogP contribution in [0.2, 0.25) is 10.0 Å². The Morgan fingerprint density at radius 1 is 1.19 bits per heavy atom. The van der Waals surface area contributed by atoms with Gasteiger partial charge < -0.3 is 15.5 Å². The average Bonchev–Trinajstić information content (AvgIpc) is 2.75. The fourth-order valence-electron chi connectivity index (χ4n) is 3.71. The third-order valence-electron chi connectivity index (χ3n) is 5.23. The van der Waals surface area contributed by atoms with Gasteiger partial charge in [0.1, 0.15) is 0 Å². The van der Waals surface area contributed by atoms with Crippen molar-refractivity contribution in [3.8, 4) is 0 Å². The molecule has 1 unspecified atom stereocenters. The minimum Gasteiger partial charge on any atom is -0.358 e. The van der Waals surface area contributed by atoms with Crippen LogP contribution in [0.3, 0.4) is 0 Å². The summed E-state index contributed by atoms with van der Waals surface area (Å²) in [5.41, 5.74) is 1.32. The van der Waals surface area contributed by atoms with E-state index in [2.05, 4.69) is 15.6 Å². The van der Waals surface area contributed by atoms with E-state index in [0.29, 0.717) is 32.2 Å². The van der Waals surface area contributed by atoms with Crippen molar-refractivity contribution in [3.63, 3.8) is 0 Å². The number of carbonyl (C=O) groups excluding carboxylic acids is 3. The zero-order valence-electron chi connectivity index (χ0n) is 16.5.